The third-order valence-corrected chi connectivity index (χ3v) is 4.86. The first-order valence-electron chi connectivity index (χ1n) is 9.31. The molecule has 2 N–H and O–H groups in total. The first-order chi connectivity index (χ1) is 13.2. The minimum Gasteiger partial charge on any atom is -0.461 e. The van der Waals surface area contributed by atoms with Gasteiger partial charge in [0, 0.05) is 36.0 Å². The molecule has 0 aliphatic carbocycles. The van der Waals surface area contributed by atoms with E-state index in [4.69, 9.17) is 19.7 Å². The number of rotatable bonds is 8. The van der Waals surface area contributed by atoms with Gasteiger partial charge in [0.05, 0.1) is 0 Å². The van der Waals surface area contributed by atoms with E-state index in [0.29, 0.717) is 0 Å². The Morgan fingerprint density at radius 1 is 0.630 bits per heavy atom. The van der Waals surface area contributed by atoms with E-state index in [9.17, 15) is 0 Å². The minimum absolute atomic E-state index is 0.891. The molecule has 0 saturated carbocycles. The molecule has 2 heterocycles. The largest absolute Gasteiger partial charge is 0.461 e. The lowest BCUT2D eigenvalue weighted by Crippen LogP contribution is -1.86. The quantitative estimate of drug-likeness (QED) is 0.294. The van der Waals surface area contributed by atoms with Gasteiger partial charge in [0.2, 0.25) is 0 Å². The second-order valence-corrected chi connectivity index (χ2v) is 6.87. The summed E-state index contributed by atoms with van der Waals surface area (Å²) in [5, 5.41) is 16.8. The summed E-state index contributed by atoms with van der Waals surface area (Å²) in [4.78, 5) is 0. The molecule has 2 aromatic carbocycles. The number of benzene rings is 2. The minimum atomic E-state index is 0.891. The molecule has 2 aromatic heterocycles. The molecule has 4 aromatic rings. The van der Waals surface area contributed by atoms with Crippen LogP contribution in [0, 0.1) is 10.8 Å². The van der Waals surface area contributed by atoms with Gasteiger partial charge in [-0.15, -0.1) is 0 Å². The highest BCUT2D eigenvalue weighted by atomic mass is 16.3. The van der Waals surface area contributed by atoms with Gasteiger partial charge >= 0.3 is 0 Å². The molecule has 0 aliphatic rings. The van der Waals surface area contributed by atoms with Gasteiger partial charge in [0.15, 0.2) is 0 Å². The highest BCUT2D eigenvalue weighted by Gasteiger charge is 2.06. The second kappa shape index (κ2) is 7.62. The Hall–Kier alpha value is -3.14. The van der Waals surface area contributed by atoms with Crippen LogP contribution in [0.5, 0.6) is 0 Å². The van der Waals surface area contributed by atoms with Crippen molar-refractivity contribution in [2.24, 2.45) is 0 Å². The van der Waals surface area contributed by atoms with E-state index in [-0.39, 0.29) is 0 Å². The summed E-state index contributed by atoms with van der Waals surface area (Å²) in [5.74, 6) is 2.02. The summed E-state index contributed by atoms with van der Waals surface area (Å²) >= 11 is 0. The Balaban J connectivity index is 1.29. The van der Waals surface area contributed by atoms with Crippen LogP contribution >= 0.6 is 0 Å². The fraction of sp³-hybridized carbons (Fsp3) is 0.217. The van der Waals surface area contributed by atoms with Gasteiger partial charge in [-0.25, -0.2) is 0 Å². The van der Waals surface area contributed by atoms with Crippen molar-refractivity contribution in [3.8, 4) is 0 Å². The molecule has 4 heteroatoms. The first-order valence-corrected chi connectivity index (χ1v) is 9.31. The van der Waals surface area contributed by atoms with Crippen molar-refractivity contribution in [2.45, 2.75) is 32.1 Å². The Morgan fingerprint density at radius 3 is 1.56 bits per heavy atom. The summed E-state index contributed by atoms with van der Waals surface area (Å²) in [6.07, 6.45) is 7.84. The summed E-state index contributed by atoms with van der Waals surface area (Å²) in [7, 11) is 0. The first kappa shape index (κ1) is 17.3. The van der Waals surface area contributed by atoms with Crippen molar-refractivity contribution in [3.63, 3.8) is 0 Å². The van der Waals surface area contributed by atoms with Crippen LogP contribution in [0.25, 0.3) is 21.9 Å². The van der Waals surface area contributed by atoms with Gasteiger partial charge in [-0.05, 0) is 72.5 Å². The maximum absolute atomic E-state index is 7.34. The smallest absolute Gasteiger partial charge is 0.134 e. The molecule has 0 bridgehead atoms. The van der Waals surface area contributed by atoms with Crippen molar-refractivity contribution in [3.05, 3.63) is 71.2 Å². The Kier molecular flexibility index (Phi) is 4.88. The van der Waals surface area contributed by atoms with Crippen LogP contribution in [-0.4, -0.2) is 12.4 Å². The number of nitrogens with one attached hydrogen (secondary N) is 2. The van der Waals surface area contributed by atoms with Crippen molar-refractivity contribution in [2.75, 3.05) is 0 Å². The Morgan fingerprint density at radius 2 is 1.11 bits per heavy atom. The number of hydrogen-bond donors (Lipinski definition) is 2. The topological polar surface area (TPSA) is 74.0 Å². The average Bonchev–Trinajstić information content (AvgIpc) is 3.29. The SMILES string of the molecule is N=Cc1ccc2oc(CCCCCc3cc4cc(C=N)ccc4o3)cc2c1. The van der Waals surface area contributed by atoms with E-state index < -0.39 is 0 Å². The maximum atomic E-state index is 7.34. The van der Waals surface area contributed by atoms with Gasteiger partial charge in [0.25, 0.3) is 0 Å². The molecular weight excluding hydrogens is 336 g/mol. The predicted octanol–water partition coefficient (Wildman–Crippen LogP) is 6.13. The lowest BCUT2D eigenvalue weighted by Gasteiger charge is -1.98. The van der Waals surface area contributed by atoms with Crippen LogP contribution in [0.4, 0.5) is 0 Å². The van der Waals surface area contributed by atoms with E-state index >= 15 is 0 Å². The van der Waals surface area contributed by atoms with E-state index in [1.807, 2.05) is 36.4 Å². The number of furan rings is 2. The van der Waals surface area contributed by atoms with Crippen molar-refractivity contribution < 1.29 is 8.83 Å². The van der Waals surface area contributed by atoms with E-state index in [1.165, 1.54) is 12.4 Å². The zero-order chi connectivity index (χ0) is 18.6. The second-order valence-electron chi connectivity index (χ2n) is 6.87. The fourth-order valence-corrected chi connectivity index (χ4v) is 3.43. The van der Waals surface area contributed by atoms with Crippen molar-refractivity contribution >= 4 is 34.4 Å². The third-order valence-electron chi connectivity index (χ3n) is 4.86. The van der Waals surface area contributed by atoms with Gasteiger partial charge in [0.1, 0.15) is 22.7 Å². The van der Waals surface area contributed by atoms with Crippen LogP contribution in [0.1, 0.15) is 41.9 Å². The summed E-state index contributed by atoms with van der Waals surface area (Å²) in [6.45, 7) is 0. The lowest BCUT2D eigenvalue weighted by atomic mass is 10.1. The molecule has 0 spiro atoms. The maximum Gasteiger partial charge on any atom is 0.134 e. The predicted molar refractivity (Wildman–Crippen MR) is 109 cm³/mol. The molecule has 0 unspecified atom stereocenters. The highest BCUT2D eigenvalue weighted by molar-refractivity contribution is 5.88. The summed E-state index contributed by atoms with van der Waals surface area (Å²) in [6, 6.07) is 15.8. The average molecular weight is 358 g/mol. The normalized spacial score (nSPS) is 11.3. The van der Waals surface area contributed by atoms with Gasteiger partial charge in [-0.2, -0.15) is 0 Å². The molecule has 27 heavy (non-hydrogen) atoms. The molecule has 0 saturated heterocycles. The van der Waals surface area contributed by atoms with Crippen molar-refractivity contribution in [1.29, 1.82) is 10.8 Å². The molecular formula is C23H22N2O2. The Labute approximate surface area is 157 Å². The number of unbranched alkanes of at least 4 members (excludes halogenated alkanes) is 2. The van der Waals surface area contributed by atoms with Crippen LogP contribution in [-0.2, 0) is 12.8 Å². The molecule has 0 aliphatic heterocycles. The molecule has 0 radical (unpaired) electrons. The van der Waals surface area contributed by atoms with E-state index in [2.05, 4.69) is 12.1 Å². The monoisotopic (exact) mass is 358 g/mol. The molecule has 0 fully saturated rings. The fourth-order valence-electron chi connectivity index (χ4n) is 3.43. The number of fused-ring (bicyclic) bond motifs is 2. The zero-order valence-electron chi connectivity index (χ0n) is 15.1. The number of aryl methyl sites for hydroxylation is 2. The zero-order valence-corrected chi connectivity index (χ0v) is 15.1. The molecule has 136 valence electrons. The van der Waals surface area contributed by atoms with Crippen LogP contribution < -0.4 is 0 Å². The highest BCUT2D eigenvalue weighted by Crippen LogP contribution is 2.23. The summed E-state index contributed by atoms with van der Waals surface area (Å²) < 4.78 is 11.8. The molecule has 0 amide bonds. The van der Waals surface area contributed by atoms with Gasteiger partial charge < -0.3 is 19.7 Å². The van der Waals surface area contributed by atoms with Gasteiger partial charge in [-0.1, -0.05) is 6.42 Å². The molecule has 0 atom stereocenters. The molecule has 4 rings (SSSR count). The van der Waals surface area contributed by atoms with Crippen LogP contribution in [0.15, 0.2) is 57.4 Å². The summed E-state index contributed by atoms with van der Waals surface area (Å²) in [5.41, 5.74) is 3.58. The lowest BCUT2D eigenvalue weighted by molar-refractivity contribution is 0.509. The van der Waals surface area contributed by atoms with Crippen LogP contribution in [0.3, 0.4) is 0 Å². The van der Waals surface area contributed by atoms with Crippen molar-refractivity contribution in [1.82, 2.24) is 0 Å². The van der Waals surface area contributed by atoms with E-state index in [0.717, 1.165) is 76.7 Å². The standard InChI is InChI=1S/C23H22N2O2/c24-14-16-6-8-22-18(10-16)12-20(26-22)4-2-1-3-5-21-13-19-11-17(15-25)7-9-23(19)27-21/h6-15,24-25H,1-5H2. The van der Waals surface area contributed by atoms with Gasteiger partial charge in [-0.3, -0.25) is 0 Å². The molecule has 4 nitrogen and oxygen atoms in total. The van der Waals surface area contributed by atoms with Crippen LogP contribution in [0.2, 0.25) is 0 Å². The third kappa shape index (κ3) is 3.85. The number of hydrogen-bond acceptors (Lipinski definition) is 4. The Bertz CT molecular complexity index is 1020. The van der Waals surface area contributed by atoms with E-state index in [1.54, 1.807) is 0 Å².